The molecule has 1 unspecified atom stereocenters. The van der Waals surface area contributed by atoms with Crippen LogP contribution in [-0.4, -0.2) is 40.8 Å². The van der Waals surface area contributed by atoms with Gasteiger partial charge in [-0.1, -0.05) is 12.1 Å². The minimum absolute atomic E-state index is 0.278. The number of nitrogens with one attached hydrogen (secondary N) is 2. The minimum Gasteiger partial charge on any atom is -0.351 e. The van der Waals surface area contributed by atoms with Crippen LogP contribution in [0.15, 0.2) is 37.1 Å². The van der Waals surface area contributed by atoms with Gasteiger partial charge in [0.2, 0.25) is 5.91 Å². The Kier molecular flexibility index (Phi) is 4.02. The molecule has 1 aromatic rings. The van der Waals surface area contributed by atoms with Gasteiger partial charge in [0.15, 0.2) is 5.54 Å². The Balaban J connectivity index is 2.17. The molecule has 1 saturated heterocycles. The van der Waals surface area contributed by atoms with E-state index in [0.717, 1.165) is 4.90 Å². The highest BCUT2D eigenvalue weighted by Gasteiger charge is 2.50. The van der Waals surface area contributed by atoms with Gasteiger partial charge in [0, 0.05) is 12.7 Å². The van der Waals surface area contributed by atoms with Gasteiger partial charge in [-0.2, -0.15) is 0 Å². The lowest BCUT2D eigenvalue weighted by Gasteiger charge is -2.20. The molecular weight excluding hydrogens is 272 g/mol. The molecule has 2 rings (SSSR count). The number of rotatable bonds is 5. The van der Waals surface area contributed by atoms with Gasteiger partial charge in [-0.05, 0) is 19.1 Å². The second-order valence-corrected chi connectivity index (χ2v) is 4.75. The molecule has 0 radical (unpaired) electrons. The fourth-order valence-electron chi connectivity index (χ4n) is 2.06. The Hall–Kier alpha value is -2.70. The fraction of sp³-hybridized carbons (Fsp3) is 0.286. The third kappa shape index (κ3) is 2.76. The molecule has 2 heterocycles. The summed E-state index contributed by atoms with van der Waals surface area (Å²) in [6.45, 7) is 4.99. The zero-order valence-electron chi connectivity index (χ0n) is 11.6. The van der Waals surface area contributed by atoms with E-state index in [-0.39, 0.29) is 13.1 Å². The molecule has 1 atom stereocenters. The monoisotopic (exact) mass is 288 g/mol. The molecule has 0 bridgehead atoms. The second kappa shape index (κ2) is 5.74. The molecule has 1 fully saturated rings. The molecule has 1 aliphatic rings. The van der Waals surface area contributed by atoms with Gasteiger partial charge in [-0.15, -0.1) is 6.58 Å². The quantitative estimate of drug-likeness (QED) is 0.596. The number of urea groups is 1. The number of carbonyl (C=O) groups excluding carboxylic acids is 3. The summed E-state index contributed by atoms with van der Waals surface area (Å²) in [7, 11) is 0. The molecule has 4 amide bonds. The van der Waals surface area contributed by atoms with Crippen molar-refractivity contribution in [2.45, 2.75) is 12.5 Å². The van der Waals surface area contributed by atoms with Gasteiger partial charge in [-0.3, -0.25) is 19.5 Å². The predicted octanol–water partition coefficient (Wildman–Crippen LogP) is 0.151. The first-order valence-electron chi connectivity index (χ1n) is 6.42. The van der Waals surface area contributed by atoms with Gasteiger partial charge in [-0.25, -0.2) is 4.79 Å². The zero-order valence-corrected chi connectivity index (χ0v) is 11.6. The maximum Gasteiger partial charge on any atom is 0.325 e. The summed E-state index contributed by atoms with van der Waals surface area (Å²) >= 11 is 0. The molecule has 0 spiro atoms. The third-order valence-electron chi connectivity index (χ3n) is 3.20. The molecule has 1 aliphatic heterocycles. The van der Waals surface area contributed by atoms with Crippen molar-refractivity contribution in [1.82, 2.24) is 20.5 Å². The summed E-state index contributed by atoms with van der Waals surface area (Å²) in [5.41, 5.74) is -0.825. The molecule has 21 heavy (non-hydrogen) atoms. The Morgan fingerprint density at radius 1 is 1.52 bits per heavy atom. The van der Waals surface area contributed by atoms with E-state index in [9.17, 15) is 14.4 Å². The van der Waals surface area contributed by atoms with Gasteiger partial charge in [0.05, 0.1) is 5.69 Å². The molecule has 1 aromatic heterocycles. The van der Waals surface area contributed by atoms with E-state index in [1.165, 1.54) is 6.08 Å². The van der Waals surface area contributed by atoms with Crippen molar-refractivity contribution in [3.05, 3.63) is 42.7 Å². The molecule has 110 valence electrons. The fourth-order valence-corrected chi connectivity index (χ4v) is 2.06. The Morgan fingerprint density at radius 3 is 2.90 bits per heavy atom. The summed E-state index contributed by atoms with van der Waals surface area (Å²) < 4.78 is 0. The van der Waals surface area contributed by atoms with E-state index >= 15 is 0 Å². The van der Waals surface area contributed by atoms with Crippen molar-refractivity contribution in [2.24, 2.45) is 0 Å². The molecule has 7 heteroatoms. The lowest BCUT2D eigenvalue weighted by atomic mass is 9.97. The summed E-state index contributed by atoms with van der Waals surface area (Å²) in [5.74, 6) is -0.927. The van der Waals surface area contributed by atoms with Gasteiger partial charge in [0.1, 0.15) is 6.54 Å². The number of hydrogen-bond acceptors (Lipinski definition) is 4. The van der Waals surface area contributed by atoms with Crippen LogP contribution in [0.2, 0.25) is 0 Å². The largest absolute Gasteiger partial charge is 0.351 e. The number of nitrogens with zero attached hydrogens (tertiary/aromatic N) is 2. The van der Waals surface area contributed by atoms with Crippen LogP contribution in [0.1, 0.15) is 12.6 Å². The number of hydrogen-bond donors (Lipinski definition) is 2. The first-order chi connectivity index (χ1) is 9.99. The number of imide groups is 1. The molecular formula is C14H16N4O3. The van der Waals surface area contributed by atoms with E-state index in [4.69, 9.17) is 0 Å². The Bertz CT molecular complexity index is 587. The third-order valence-corrected chi connectivity index (χ3v) is 3.20. The van der Waals surface area contributed by atoms with Crippen LogP contribution >= 0.6 is 0 Å². The van der Waals surface area contributed by atoms with Crippen LogP contribution in [-0.2, 0) is 15.1 Å². The first-order valence-corrected chi connectivity index (χ1v) is 6.42. The number of amides is 4. The Morgan fingerprint density at radius 2 is 2.29 bits per heavy atom. The average molecular weight is 288 g/mol. The van der Waals surface area contributed by atoms with Crippen LogP contribution in [0.3, 0.4) is 0 Å². The lowest BCUT2D eigenvalue weighted by molar-refractivity contribution is -0.134. The van der Waals surface area contributed by atoms with Crippen molar-refractivity contribution >= 4 is 17.8 Å². The van der Waals surface area contributed by atoms with Crippen molar-refractivity contribution in [2.75, 3.05) is 13.1 Å². The topological polar surface area (TPSA) is 91.4 Å². The predicted molar refractivity (Wildman–Crippen MR) is 75.0 cm³/mol. The lowest BCUT2D eigenvalue weighted by Crippen LogP contribution is -2.43. The maximum atomic E-state index is 12.4. The smallest absolute Gasteiger partial charge is 0.325 e. The summed E-state index contributed by atoms with van der Waals surface area (Å²) in [5, 5.41) is 5.10. The molecule has 0 aliphatic carbocycles. The number of carbonyl (C=O) groups is 3. The SMILES string of the molecule is C=CCNC(=O)CN1C(=O)NC(C)(c2ccccn2)C1=O. The van der Waals surface area contributed by atoms with Crippen molar-refractivity contribution < 1.29 is 14.4 Å². The average Bonchev–Trinajstić information content (AvgIpc) is 2.70. The molecule has 2 N–H and O–H groups in total. The van der Waals surface area contributed by atoms with Gasteiger partial charge < -0.3 is 10.6 Å². The highest BCUT2D eigenvalue weighted by atomic mass is 16.2. The first kappa shape index (κ1) is 14.7. The van der Waals surface area contributed by atoms with Crippen molar-refractivity contribution in [3.8, 4) is 0 Å². The minimum atomic E-state index is -1.25. The maximum absolute atomic E-state index is 12.4. The highest BCUT2D eigenvalue weighted by Crippen LogP contribution is 2.26. The molecule has 0 aromatic carbocycles. The number of aromatic nitrogens is 1. The van der Waals surface area contributed by atoms with E-state index in [2.05, 4.69) is 22.2 Å². The Labute approximate surface area is 122 Å². The van der Waals surface area contributed by atoms with Crippen LogP contribution in [0.5, 0.6) is 0 Å². The van der Waals surface area contributed by atoms with Crippen LogP contribution < -0.4 is 10.6 Å². The van der Waals surface area contributed by atoms with E-state index in [0.29, 0.717) is 5.69 Å². The van der Waals surface area contributed by atoms with Gasteiger partial charge >= 0.3 is 6.03 Å². The van der Waals surface area contributed by atoms with E-state index in [1.54, 1.807) is 31.3 Å². The summed E-state index contributed by atoms with van der Waals surface area (Å²) in [6, 6.07) is 4.49. The van der Waals surface area contributed by atoms with Crippen LogP contribution in [0.4, 0.5) is 4.79 Å². The van der Waals surface area contributed by atoms with Crippen LogP contribution in [0.25, 0.3) is 0 Å². The van der Waals surface area contributed by atoms with E-state index < -0.39 is 23.4 Å². The van der Waals surface area contributed by atoms with Gasteiger partial charge in [0.25, 0.3) is 5.91 Å². The summed E-state index contributed by atoms with van der Waals surface area (Å²) in [6.07, 6.45) is 3.06. The normalized spacial score (nSPS) is 21.1. The second-order valence-electron chi connectivity index (χ2n) is 4.75. The highest BCUT2D eigenvalue weighted by molar-refractivity contribution is 6.08. The zero-order chi connectivity index (χ0) is 15.5. The van der Waals surface area contributed by atoms with Crippen molar-refractivity contribution in [1.29, 1.82) is 0 Å². The number of pyridine rings is 1. The molecule has 7 nitrogen and oxygen atoms in total. The van der Waals surface area contributed by atoms with Crippen molar-refractivity contribution in [3.63, 3.8) is 0 Å². The van der Waals surface area contributed by atoms with Crippen LogP contribution in [0, 0.1) is 0 Å². The summed E-state index contributed by atoms with van der Waals surface area (Å²) in [4.78, 5) is 41.0. The standard InChI is InChI=1S/C14H16N4O3/c1-3-7-16-11(19)9-18-12(20)14(2,17-13(18)21)10-6-4-5-8-15-10/h3-6,8H,1,7,9H2,2H3,(H,16,19)(H,17,21). The van der Waals surface area contributed by atoms with E-state index in [1.807, 2.05) is 0 Å². The molecule has 0 saturated carbocycles.